The molecule has 5 nitrogen and oxygen atoms in total. The Kier molecular flexibility index (Phi) is 5.34. The lowest BCUT2D eigenvalue weighted by Crippen LogP contribution is -2.45. The molecule has 0 aliphatic carbocycles. The summed E-state index contributed by atoms with van der Waals surface area (Å²) in [5, 5.41) is 9.21. The van der Waals surface area contributed by atoms with Gasteiger partial charge < -0.3 is 14.0 Å². The fraction of sp³-hybridized carbons (Fsp3) is 0.348. The minimum absolute atomic E-state index is 0.660. The predicted octanol–water partition coefficient (Wildman–Crippen LogP) is 3.41. The number of aromatic nitrogens is 1. The van der Waals surface area contributed by atoms with Crippen LogP contribution >= 0.6 is 0 Å². The van der Waals surface area contributed by atoms with Crippen LogP contribution in [-0.2, 0) is 0 Å². The Labute approximate surface area is 166 Å². The molecule has 2 aromatic heterocycles. The van der Waals surface area contributed by atoms with Crippen LogP contribution in [-0.4, -0.2) is 60.6 Å². The maximum absolute atomic E-state index is 9.21. The minimum atomic E-state index is 0.660. The van der Waals surface area contributed by atoms with E-state index in [1.165, 1.54) is 5.56 Å². The molecule has 1 aromatic carbocycles. The summed E-state index contributed by atoms with van der Waals surface area (Å²) in [5.41, 5.74) is 5.20. The van der Waals surface area contributed by atoms with E-state index < -0.39 is 0 Å². The molecule has 0 atom stereocenters. The topological polar surface area (TPSA) is 43.9 Å². The van der Waals surface area contributed by atoms with Crippen LogP contribution in [0.1, 0.15) is 11.1 Å². The molecule has 0 saturated carbocycles. The number of hydrogen-bond acceptors (Lipinski definition) is 4. The summed E-state index contributed by atoms with van der Waals surface area (Å²) < 4.78 is 8.05. The van der Waals surface area contributed by atoms with E-state index in [1.54, 1.807) is 0 Å². The lowest BCUT2D eigenvalue weighted by atomic mass is 10.1. The van der Waals surface area contributed by atoms with Crippen LogP contribution in [0.2, 0.25) is 0 Å². The Morgan fingerprint density at radius 1 is 1.04 bits per heavy atom. The monoisotopic (exact) mass is 374 g/mol. The van der Waals surface area contributed by atoms with Crippen LogP contribution in [0, 0.1) is 18.3 Å². The quantitative estimate of drug-likeness (QED) is 0.686. The summed E-state index contributed by atoms with van der Waals surface area (Å²) in [6, 6.07) is 16.5. The van der Waals surface area contributed by atoms with Gasteiger partial charge in [-0.05, 0) is 67.6 Å². The van der Waals surface area contributed by atoms with Gasteiger partial charge in [-0.15, -0.1) is 0 Å². The van der Waals surface area contributed by atoms with Crippen LogP contribution in [0.5, 0.6) is 5.75 Å². The smallest absolute Gasteiger partial charge is 0.119 e. The van der Waals surface area contributed by atoms with Crippen molar-refractivity contribution in [3.63, 3.8) is 0 Å². The molecule has 0 amide bonds. The van der Waals surface area contributed by atoms with Crippen molar-refractivity contribution in [3.05, 3.63) is 59.8 Å². The van der Waals surface area contributed by atoms with Gasteiger partial charge in [0, 0.05) is 44.4 Å². The number of piperazine rings is 1. The second-order valence-electron chi connectivity index (χ2n) is 7.52. The van der Waals surface area contributed by atoms with Crippen LogP contribution in [0.25, 0.3) is 16.8 Å². The average molecular weight is 374 g/mol. The Morgan fingerprint density at radius 2 is 1.79 bits per heavy atom. The lowest BCUT2D eigenvalue weighted by Gasteiger charge is -2.32. The second-order valence-corrected chi connectivity index (χ2v) is 7.52. The van der Waals surface area contributed by atoms with Gasteiger partial charge in [-0.2, -0.15) is 5.26 Å². The fourth-order valence-electron chi connectivity index (χ4n) is 3.81. The Morgan fingerprint density at radius 3 is 2.50 bits per heavy atom. The second kappa shape index (κ2) is 8.05. The van der Waals surface area contributed by atoms with Crippen molar-refractivity contribution in [1.29, 1.82) is 5.26 Å². The van der Waals surface area contributed by atoms with Crippen molar-refractivity contribution in [1.82, 2.24) is 14.2 Å². The zero-order valence-electron chi connectivity index (χ0n) is 16.6. The molecule has 0 bridgehead atoms. The summed E-state index contributed by atoms with van der Waals surface area (Å²) in [4.78, 5) is 4.82. The first-order valence-corrected chi connectivity index (χ1v) is 9.80. The molecule has 1 saturated heterocycles. The summed E-state index contributed by atoms with van der Waals surface area (Å²) in [6.45, 7) is 8.28. The molecule has 4 rings (SSSR count). The van der Waals surface area contributed by atoms with Gasteiger partial charge in [0.05, 0.1) is 11.3 Å². The van der Waals surface area contributed by atoms with E-state index in [0.717, 1.165) is 55.2 Å². The summed E-state index contributed by atoms with van der Waals surface area (Å²) in [7, 11) is 2.17. The number of nitriles is 1. The SMILES string of the molecule is Cc1cc2ccc(C#N)cn2c1-c1ccc(OCCN2CCN(C)CC2)cc1. The first-order chi connectivity index (χ1) is 13.6. The third kappa shape index (κ3) is 3.89. The largest absolute Gasteiger partial charge is 0.492 e. The van der Waals surface area contributed by atoms with Crippen LogP contribution in [0.15, 0.2) is 48.7 Å². The molecule has 28 heavy (non-hydrogen) atoms. The first kappa shape index (κ1) is 18.5. The normalized spacial score (nSPS) is 15.6. The standard InChI is InChI=1S/C23H26N4O/c1-18-15-21-6-3-19(16-24)17-27(21)23(18)20-4-7-22(8-5-20)28-14-13-26-11-9-25(2)10-12-26/h3-8,15,17H,9-14H2,1-2H3. The first-order valence-electron chi connectivity index (χ1n) is 9.80. The molecule has 3 aromatic rings. The van der Waals surface area contributed by atoms with Crippen molar-refractivity contribution in [2.24, 2.45) is 0 Å². The van der Waals surface area contributed by atoms with Gasteiger partial charge in [0.2, 0.25) is 0 Å². The summed E-state index contributed by atoms with van der Waals surface area (Å²) >= 11 is 0. The van der Waals surface area contributed by atoms with Crippen LogP contribution in [0.3, 0.4) is 0 Å². The molecule has 1 aliphatic rings. The third-order valence-electron chi connectivity index (χ3n) is 5.49. The fourth-order valence-corrected chi connectivity index (χ4v) is 3.81. The number of hydrogen-bond donors (Lipinski definition) is 0. The van der Waals surface area contributed by atoms with Crippen molar-refractivity contribution in [3.8, 4) is 23.1 Å². The van der Waals surface area contributed by atoms with E-state index in [0.29, 0.717) is 12.2 Å². The van der Waals surface area contributed by atoms with Gasteiger partial charge >= 0.3 is 0 Å². The van der Waals surface area contributed by atoms with E-state index in [9.17, 15) is 5.26 Å². The van der Waals surface area contributed by atoms with Gasteiger partial charge in [0.25, 0.3) is 0 Å². The highest BCUT2D eigenvalue weighted by Crippen LogP contribution is 2.29. The number of benzene rings is 1. The van der Waals surface area contributed by atoms with Crippen molar-refractivity contribution >= 4 is 5.52 Å². The molecule has 1 fully saturated rings. The average Bonchev–Trinajstić information content (AvgIpc) is 3.05. The molecule has 0 unspecified atom stereocenters. The van der Waals surface area contributed by atoms with Crippen molar-refractivity contribution in [2.75, 3.05) is 46.4 Å². The van der Waals surface area contributed by atoms with Gasteiger partial charge in [-0.3, -0.25) is 4.90 Å². The molecular formula is C23H26N4O. The molecule has 1 aliphatic heterocycles. The van der Waals surface area contributed by atoms with Gasteiger partial charge in [0.15, 0.2) is 0 Å². The molecule has 3 heterocycles. The lowest BCUT2D eigenvalue weighted by molar-refractivity contribution is 0.134. The number of rotatable bonds is 5. The van der Waals surface area contributed by atoms with Crippen LogP contribution < -0.4 is 4.74 Å². The molecule has 0 radical (unpaired) electrons. The molecule has 0 N–H and O–H groups in total. The molecule has 5 heteroatoms. The zero-order valence-corrected chi connectivity index (χ0v) is 16.6. The van der Waals surface area contributed by atoms with Crippen molar-refractivity contribution < 1.29 is 4.74 Å². The van der Waals surface area contributed by atoms with Crippen LogP contribution in [0.4, 0.5) is 0 Å². The van der Waals surface area contributed by atoms with E-state index in [4.69, 9.17) is 4.74 Å². The summed E-state index contributed by atoms with van der Waals surface area (Å²) in [6.07, 6.45) is 1.90. The number of nitrogens with zero attached hydrogens (tertiary/aromatic N) is 4. The number of aryl methyl sites for hydroxylation is 1. The maximum atomic E-state index is 9.21. The summed E-state index contributed by atoms with van der Waals surface area (Å²) in [5.74, 6) is 0.897. The number of pyridine rings is 1. The molecule has 144 valence electrons. The highest BCUT2D eigenvalue weighted by Gasteiger charge is 2.13. The Bertz CT molecular complexity index is 992. The third-order valence-corrected chi connectivity index (χ3v) is 5.49. The molecular weight excluding hydrogens is 348 g/mol. The Balaban J connectivity index is 1.44. The van der Waals surface area contributed by atoms with Gasteiger partial charge in [-0.25, -0.2) is 0 Å². The highest BCUT2D eigenvalue weighted by atomic mass is 16.5. The highest BCUT2D eigenvalue weighted by molar-refractivity contribution is 5.72. The number of ether oxygens (including phenoxy) is 1. The minimum Gasteiger partial charge on any atom is -0.492 e. The zero-order chi connectivity index (χ0) is 19.5. The predicted molar refractivity (Wildman–Crippen MR) is 112 cm³/mol. The molecule has 0 spiro atoms. The van der Waals surface area contributed by atoms with Gasteiger partial charge in [0.1, 0.15) is 18.4 Å². The number of likely N-dealkylation sites (N-methyl/N-ethyl adjacent to an activating group) is 1. The van der Waals surface area contributed by atoms with E-state index >= 15 is 0 Å². The van der Waals surface area contributed by atoms with E-state index in [2.05, 4.69) is 52.4 Å². The van der Waals surface area contributed by atoms with E-state index in [1.807, 2.05) is 30.5 Å². The van der Waals surface area contributed by atoms with E-state index in [-0.39, 0.29) is 0 Å². The van der Waals surface area contributed by atoms with Crippen molar-refractivity contribution in [2.45, 2.75) is 6.92 Å². The number of fused-ring (bicyclic) bond motifs is 1. The van der Waals surface area contributed by atoms with Gasteiger partial charge in [-0.1, -0.05) is 0 Å². The Hall–Kier alpha value is -2.81. The maximum Gasteiger partial charge on any atom is 0.119 e.